The summed E-state index contributed by atoms with van der Waals surface area (Å²) in [4.78, 5) is 36.7. The number of rotatable bonds is 9. The summed E-state index contributed by atoms with van der Waals surface area (Å²) in [7, 11) is 1.59. The van der Waals surface area contributed by atoms with Gasteiger partial charge in [-0.1, -0.05) is 0 Å². The lowest BCUT2D eigenvalue weighted by Crippen LogP contribution is -2.38. The molecule has 2 aromatic heterocycles. The number of ether oxygens (including phenoxy) is 2. The maximum atomic E-state index is 12.7. The van der Waals surface area contributed by atoms with Crippen molar-refractivity contribution in [2.24, 2.45) is 0 Å². The molecule has 0 aliphatic carbocycles. The zero-order valence-corrected chi connectivity index (χ0v) is 16.9. The number of aromatic nitrogens is 1. The molecule has 0 fully saturated rings. The molecule has 0 saturated heterocycles. The maximum absolute atomic E-state index is 12.7. The number of hydrogen-bond donors (Lipinski definition) is 1. The predicted octanol–water partition coefficient (Wildman–Crippen LogP) is 0.296. The minimum absolute atomic E-state index is 0.162. The van der Waals surface area contributed by atoms with E-state index in [0.29, 0.717) is 28.8 Å². The standard InChI is InChI=1S/C18H22N2O5S2/c1-3-25-17(22)10-16-20(11-15(21)19-6-4-7-24-2)18(23)14(27-16)9-13-5-8-26-12-13/h5,8-10,12H,3-4,6-7,11H2,1-2H3,(H,19,21). The van der Waals surface area contributed by atoms with E-state index in [0.717, 1.165) is 16.9 Å². The Hall–Kier alpha value is -2.23. The van der Waals surface area contributed by atoms with Gasteiger partial charge in [0.25, 0.3) is 5.56 Å². The van der Waals surface area contributed by atoms with E-state index in [4.69, 9.17) is 9.47 Å². The molecule has 1 N–H and O–H groups in total. The van der Waals surface area contributed by atoms with Crippen molar-refractivity contribution in [3.63, 3.8) is 0 Å². The predicted molar refractivity (Wildman–Crippen MR) is 106 cm³/mol. The highest BCUT2D eigenvalue weighted by atomic mass is 32.1. The van der Waals surface area contributed by atoms with Gasteiger partial charge in [-0.15, -0.1) is 11.3 Å². The highest BCUT2D eigenvalue weighted by Crippen LogP contribution is 2.05. The molecule has 146 valence electrons. The van der Waals surface area contributed by atoms with E-state index >= 15 is 0 Å². The average molecular weight is 411 g/mol. The SMILES string of the molecule is CCOC(=O)C=c1sc(=Cc2ccsc2)c(=O)n1CC(=O)NCCCOC. The van der Waals surface area contributed by atoms with E-state index in [-0.39, 0.29) is 24.6 Å². The van der Waals surface area contributed by atoms with Crippen LogP contribution in [-0.4, -0.2) is 43.3 Å². The van der Waals surface area contributed by atoms with Crippen molar-refractivity contribution in [1.82, 2.24) is 9.88 Å². The Bertz CT molecular complexity index is 928. The molecule has 0 unspecified atom stereocenters. The van der Waals surface area contributed by atoms with Gasteiger partial charge in [0.2, 0.25) is 5.91 Å². The van der Waals surface area contributed by atoms with Crippen LogP contribution >= 0.6 is 22.7 Å². The van der Waals surface area contributed by atoms with Crippen LogP contribution in [-0.2, 0) is 25.6 Å². The monoisotopic (exact) mass is 410 g/mol. The van der Waals surface area contributed by atoms with Crippen LogP contribution in [0.25, 0.3) is 12.2 Å². The van der Waals surface area contributed by atoms with Crippen LogP contribution < -0.4 is 20.1 Å². The molecule has 0 atom stereocenters. The van der Waals surface area contributed by atoms with Crippen LogP contribution in [0.4, 0.5) is 0 Å². The van der Waals surface area contributed by atoms with Crippen molar-refractivity contribution in [1.29, 1.82) is 0 Å². The van der Waals surface area contributed by atoms with E-state index in [9.17, 15) is 14.4 Å². The number of hydrogen-bond acceptors (Lipinski definition) is 7. The number of thiophene rings is 1. The molecule has 0 radical (unpaired) electrons. The van der Waals surface area contributed by atoms with Crippen molar-refractivity contribution in [2.75, 3.05) is 26.9 Å². The molecule has 0 aromatic carbocycles. The molecular weight excluding hydrogens is 388 g/mol. The molecule has 0 spiro atoms. The number of thiazole rings is 1. The van der Waals surface area contributed by atoms with Crippen molar-refractivity contribution in [3.8, 4) is 0 Å². The van der Waals surface area contributed by atoms with Gasteiger partial charge in [0, 0.05) is 20.3 Å². The molecule has 0 aliphatic heterocycles. The Kier molecular flexibility index (Phi) is 8.43. The normalized spacial score (nSPS) is 12.4. The van der Waals surface area contributed by atoms with Gasteiger partial charge in [-0.3, -0.25) is 14.2 Å². The van der Waals surface area contributed by atoms with Crippen molar-refractivity contribution in [2.45, 2.75) is 19.9 Å². The summed E-state index contributed by atoms with van der Waals surface area (Å²) in [6.45, 7) is 2.77. The summed E-state index contributed by atoms with van der Waals surface area (Å²) in [5.74, 6) is -0.846. The van der Waals surface area contributed by atoms with Crippen LogP contribution in [0.1, 0.15) is 18.9 Å². The average Bonchev–Trinajstić information content (AvgIpc) is 3.23. The van der Waals surface area contributed by atoms with Crippen LogP contribution in [0.5, 0.6) is 0 Å². The van der Waals surface area contributed by atoms with E-state index in [1.54, 1.807) is 20.1 Å². The minimum Gasteiger partial charge on any atom is -0.463 e. The van der Waals surface area contributed by atoms with Gasteiger partial charge in [0.1, 0.15) is 11.2 Å². The lowest BCUT2D eigenvalue weighted by molar-refractivity contribution is -0.135. The van der Waals surface area contributed by atoms with Crippen LogP contribution in [0.3, 0.4) is 0 Å². The van der Waals surface area contributed by atoms with Gasteiger partial charge in [-0.2, -0.15) is 11.3 Å². The zero-order chi connectivity index (χ0) is 19.6. The minimum atomic E-state index is -0.546. The summed E-state index contributed by atoms with van der Waals surface area (Å²) in [6.07, 6.45) is 3.68. The van der Waals surface area contributed by atoms with Crippen molar-refractivity contribution in [3.05, 3.63) is 41.9 Å². The van der Waals surface area contributed by atoms with Gasteiger partial charge >= 0.3 is 5.97 Å². The van der Waals surface area contributed by atoms with Gasteiger partial charge in [0.05, 0.1) is 17.2 Å². The Morgan fingerprint density at radius 3 is 2.85 bits per heavy atom. The van der Waals surface area contributed by atoms with Crippen LogP contribution in [0.15, 0.2) is 21.6 Å². The van der Waals surface area contributed by atoms with Crippen molar-refractivity contribution >= 4 is 46.7 Å². The first-order valence-corrected chi connectivity index (χ1v) is 10.2. The quantitative estimate of drug-likeness (QED) is 0.475. The summed E-state index contributed by atoms with van der Waals surface area (Å²) >= 11 is 2.68. The lowest BCUT2D eigenvalue weighted by atomic mass is 10.3. The number of esters is 1. The van der Waals surface area contributed by atoms with Crippen LogP contribution in [0, 0.1) is 0 Å². The van der Waals surface area contributed by atoms with E-state index < -0.39 is 5.97 Å². The Balaban J connectivity index is 2.33. The Labute approximate surface area is 164 Å². The highest BCUT2D eigenvalue weighted by molar-refractivity contribution is 7.08. The second-order valence-corrected chi connectivity index (χ2v) is 7.33. The molecule has 9 heteroatoms. The van der Waals surface area contributed by atoms with Crippen LogP contribution in [0.2, 0.25) is 0 Å². The van der Waals surface area contributed by atoms with E-state index in [1.165, 1.54) is 22.0 Å². The molecule has 2 heterocycles. The first-order valence-electron chi connectivity index (χ1n) is 8.42. The second-order valence-electron chi connectivity index (χ2n) is 5.49. The largest absolute Gasteiger partial charge is 0.463 e. The molecular formula is C18H22N2O5S2. The third-order valence-corrected chi connectivity index (χ3v) is 5.22. The molecule has 0 saturated carbocycles. The fourth-order valence-corrected chi connectivity index (χ4v) is 3.88. The molecule has 2 rings (SSSR count). The van der Waals surface area contributed by atoms with E-state index in [1.807, 2.05) is 16.8 Å². The molecule has 0 bridgehead atoms. The van der Waals surface area contributed by atoms with Gasteiger partial charge < -0.3 is 14.8 Å². The number of amides is 1. The van der Waals surface area contributed by atoms with Crippen molar-refractivity contribution < 1.29 is 19.1 Å². The van der Waals surface area contributed by atoms with Gasteiger partial charge in [0.15, 0.2) is 0 Å². The van der Waals surface area contributed by atoms with Gasteiger partial charge in [-0.05, 0) is 41.8 Å². The number of carbonyl (C=O) groups is 2. The van der Waals surface area contributed by atoms with Gasteiger partial charge in [-0.25, -0.2) is 4.79 Å². The lowest BCUT2D eigenvalue weighted by Gasteiger charge is -2.05. The molecule has 2 aromatic rings. The number of carbonyl (C=O) groups excluding carboxylic acids is 2. The fraction of sp³-hybridized carbons (Fsp3) is 0.389. The summed E-state index contributed by atoms with van der Waals surface area (Å²) in [6, 6.07) is 1.89. The topological polar surface area (TPSA) is 86.6 Å². The third kappa shape index (κ3) is 6.46. The molecule has 7 nitrogen and oxygen atoms in total. The summed E-state index contributed by atoms with van der Waals surface area (Å²) in [5, 5.41) is 6.57. The molecule has 0 aliphatic rings. The third-order valence-electron chi connectivity index (χ3n) is 3.45. The zero-order valence-electron chi connectivity index (χ0n) is 15.2. The summed E-state index contributed by atoms with van der Waals surface area (Å²) < 4.78 is 12.0. The number of nitrogens with zero attached hydrogens (tertiary/aromatic N) is 1. The Morgan fingerprint density at radius 1 is 1.37 bits per heavy atom. The first kappa shape index (κ1) is 21.1. The first-order chi connectivity index (χ1) is 13.0. The Morgan fingerprint density at radius 2 is 2.19 bits per heavy atom. The fourth-order valence-electron chi connectivity index (χ4n) is 2.23. The summed E-state index contributed by atoms with van der Waals surface area (Å²) in [5.41, 5.74) is 0.589. The number of nitrogens with one attached hydrogen (secondary N) is 1. The highest BCUT2D eigenvalue weighted by Gasteiger charge is 2.11. The second kappa shape index (κ2) is 10.8. The number of methoxy groups -OCH3 is 1. The molecule has 27 heavy (non-hydrogen) atoms. The van der Waals surface area contributed by atoms with E-state index in [2.05, 4.69) is 5.32 Å². The maximum Gasteiger partial charge on any atom is 0.333 e. The smallest absolute Gasteiger partial charge is 0.333 e. The molecule has 1 amide bonds.